The number of hydrogen-bond donors (Lipinski definition) is 0. The van der Waals surface area contributed by atoms with E-state index >= 15 is 0 Å². The Morgan fingerprint density at radius 3 is 2.92 bits per heavy atom. The summed E-state index contributed by atoms with van der Waals surface area (Å²) in [5.74, 6) is 0.112. The van der Waals surface area contributed by atoms with E-state index < -0.39 is 0 Å². The van der Waals surface area contributed by atoms with Crippen molar-refractivity contribution in [1.82, 2.24) is 0 Å². The van der Waals surface area contributed by atoms with Crippen molar-refractivity contribution in [3.8, 4) is 0 Å². The zero-order valence-electron chi connectivity index (χ0n) is 7.33. The summed E-state index contributed by atoms with van der Waals surface area (Å²) in [7, 11) is 0. The molecule has 0 bridgehead atoms. The monoisotopic (exact) mass is 180 g/mol. The Labute approximate surface area is 76.7 Å². The predicted molar refractivity (Wildman–Crippen MR) is 52.8 cm³/mol. The van der Waals surface area contributed by atoms with Crippen LogP contribution in [0.1, 0.15) is 28.6 Å². The molecular formula is C10H12OS. The van der Waals surface area contributed by atoms with Gasteiger partial charge >= 0.3 is 0 Å². The third kappa shape index (κ3) is 2.31. The first kappa shape index (κ1) is 9.20. The molecule has 1 nitrogen and oxygen atoms in total. The standard InChI is InChI=1S/C10H12OS/c1-3-4-5-10(11)9-6-8(2)12-7-9/h4-7H,3H2,1-2H3/b5-4+. The van der Waals surface area contributed by atoms with Crippen molar-refractivity contribution in [2.75, 3.05) is 0 Å². The van der Waals surface area contributed by atoms with E-state index in [0.29, 0.717) is 0 Å². The van der Waals surface area contributed by atoms with Gasteiger partial charge in [0.25, 0.3) is 0 Å². The predicted octanol–water partition coefficient (Wildman–Crippen LogP) is 3.21. The molecule has 1 heterocycles. The lowest BCUT2D eigenvalue weighted by Crippen LogP contribution is -1.89. The Bertz CT molecular complexity index is 297. The molecule has 0 saturated heterocycles. The van der Waals surface area contributed by atoms with Gasteiger partial charge < -0.3 is 0 Å². The average molecular weight is 180 g/mol. The molecule has 1 aromatic heterocycles. The largest absolute Gasteiger partial charge is 0.289 e. The number of thiophene rings is 1. The topological polar surface area (TPSA) is 17.1 Å². The van der Waals surface area contributed by atoms with E-state index in [4.69, 9.17) is 0 Å². The second-order valence-corrected chi connectivity index (χ2v) is 3.74. The van der Waals surface area contributed by atoms with Crippen LogP contribution < -0.4 is 0 Å². The van der Waals surface area contributed by atoms with Crippen LogP contribution in [-0.4, -0.2) is 5.78 Å². The SMILES string of the molecule is CC/C=C/C(=O)c1csc(C)c1. The van der Waals surface area contributed by atoms with Gasteiger partial charge in [0.15, 0.2) is 5.78 Å². The summed E-state index contributed by atoms with van der Waals surface area (Å²) in [5.41, 5.74) is 0.808. The Morgan fingerprint density at radius 1 is 1.67 bits per heavy atom. The molecular weight excluding hydrogens is 168 g/mol. The van der Waals surface area contributed by atoms with Crippen LogP contribution in [0.4, 0.5) is 0 Å². The number of allylic oxidation sites excluding steroid dienone is 2. The quantitative estimate of drug-likeness (QED) is 0.515. The Morgan fingerprint density at radius 2 is 2.42 bits per heavy atom. The van der Waals surface area contributed by atoms with Gasteiger partial charge in [-0.2, -0.15) is 0 Å². The molecule has 0 aliphatic rings. The highest BCUT2D eigenvalue weighted by molar-refractivity contribution is 7.10. The van der Waals surface area contributed by atoms with Crippen molar-refractivity contribution >= 4 is 17.1 Å². The van der Waals surface area contributed by atoms with Crippen LogP contribution in [0.2, 0.25) is 0 Å². The van der Waals surface area contributed by atoms with Gasteiger partial charge in [-0.05, 0) is 25.5 Å². The Hall–Kier alpha value is -0.890. The highest BCUT2D eigenvalue weighted by atomic mass is 32.1. The minimum Gasteiger partial charge on any atom is -0.289 e. The van der Waals surface area contributed by atoms with Crippen molar-refractivity contribution < 1.29 is 4.79 Å². The molecule has 2 heteroatoms. The van der Waals surface area contributed by atoms with Gasteiger partial charge in [-0.15, -0.1) is 11.3 Å². The summed E-state index contributed by atoms with van der Waals surface area (Å²) in [6.07, 6.45) is 4.44. The maximum Gasteiger partial charge on any atom is 0.186 e. The van der Waals surface area contributed by atoms with Gasteiger partial charge in [0.2, 0.25) is 0 Å². The van der Waals surface area contributed by atoms with Crippen molar-refractivity contribution in [2.24, 2.45) is 0 Å². The molecule has 12 heavy (non-hydrogen) atoms. The minimum absolute atomic E-state index is 0.112. The normalized spacial score (nSPS) is 10.8. The number of carbonyl (C=O) groups excluding carboxylic acids is 1. The molecule has 0 spiro atoms. The fraction of sp³-hybridized carbons (Fsp3) is 0.300. The number of carbonyl (C=O) groups is 1. The molecule has 0 aromatic carbocycles. The summed E-state index contributed by atoms with van der Waals surface area (Å²) in [6, 6.07) is 1.92. The van der Waals surface area contributed by atoms with E-state index in [-0.39, 0.29) is 5.78 Å². The summed E-state index contributed by atoms with van der Waals surface area (Å²) in [4.78, 5) is 12.5. The second kappa shape index (κ2) is 4.21. The van der Waals surface area contributed by atoms with E-state index in [1.807, 2.05) is 31.4 Å². The first-order valence-electron chi connectivity index (χ1n) is 4.00. The molecule has 0 atom stereocenters. The summed E-state index contributed by atoms with van der Waals surface area (Å²) >= 11 is 1.61. The molecule has 1 aromatic rings. The fourth-order valence-corrected chi connectivity index (χ4v) is 1.59. The molecule has 0 aliphatic carbocycles. The third-order valence-electron chi connectivity index (χ3n) is 1.52. The average Bonchev–Trinajstić information content (AvgIpc) is 2.47. The molecule has 0 fully saturated rings. The lowest BCUT2D eigenvalue weighted by Gasteiger charge is -1.86. The van der Waals surface area contributed by atoms with E-state index in [1.54, 1.807) is 17.4 Å². The van der Waals surface area contributed by atoms with Crippen molar-refractivity contribution in [3.05, 3.63) is 34.0 Å². The van der Waals surface area contributed by atoms with Crippen LogP contribution in [0.3, 0.4) is 0 Å². The third-order valence-corrected chi connectivity index (χ3v) is 2.38. The van der Waals surface area contributed by atoms with E-state index in [0.717, 1.165) is 12.0 Å². The molecule has 0 amide bonds. The smallest absolute Gasteiger partial charge is 0.186 e. The van der Waals surface area contributed by atoms with Gasteiger partial charge in [0, 0.05) is 15.8 Å². The molecule has 1 rings (SSSR count). The number of rotatable bonds is 3. The van der Waals surface area contributed by atoms with Gasteiger partial charge in [0.05, 0.1) is 0 Å². The molecule has 64 valence electrons. The first-order chi connectivity index (χ1) is 5.74. The number of aryl methyl sites for hydroxylation is 1. The zero-order valence-corrected chi connectivity index (χ0v) is 8.15. The van der Waals surface area contributed by atoms with E-state index in [1.165, 1.54) is 4.88 Å². The van der Waals surface area contributed by atoms with Crippen molar-refractivity contribution in [1.29, 1.82) is 0 Å². The minimum atomic E-state index is 0.112. The van der Waals surface area contributed by atoms with Crippen LogP contribution in [0.5, 0.6) is 0 Å². The highest BCUT2D eigenvalue weighted by Gasteiger charge is 2.02. The van der Waals surface area contributed by atoms with Gasteiger partial charge in [-0.1, -0.05) is 13.0 Å². The van der Waals surface area contributed by atoms with E-state index in [9.17, 15) is 4.79 Å². The maximum absolute atomic E-state index is 11.3. The second-order valence-electron chi connectivity index (χ2n) is 2.62. The number of hydrogen-bond acceptors (Lipinski definition) is 2. The number of ketones is 1. The summed E-state index contributed by atoms with van der Waals surface area (Å²) < 4.78 is 0. The summed E-state index contributed by atoms with van der Waals surface area (Å²) in [5, 5.41) is 1.90. The maximum atomic E-state index is 11.3. The van der Waals surface area contributed by atoms with E-state index in [2.05, 4.69) is 0 Å². The van der Waals surface area contributed by atoms with Gasteiger partial charge in [0.1, 0.15) is 0 Å². The fourth-order valence-electron chi connectivity index (χ4n) is 0.894. The molecule has 0 saturated carbocycles. The zero-order chi connectivity index (χ0) is 8.97. The highest BCUT2D eigenvalue weighted by Crippen LogP contribution is 2.13. The van der Waals surface area contributed by atoms with Crippen LogP contribution in [0, 0.1) is 6.92 Å². The lowest BCUT2D eigenvalue weighted by molar-refractivity contribution is 0.104. The Kier molecular flexibility index (Phi) is 3.23. The lowest BCUT2D eigenvalue weighted by atomic mass is 10.2. The van der Waals surface area contributed by atoms with Crippen molar-refractivity contribution in [3.63, 3.8) is 0 Å². The van der Waals surface area contributed by atoms with Crippen molar-refractivity contribution in [2.45, 2.75) is 20.3 Å². The molecule has 0 N–H and O–H groups in total. The van der Waals surface area contributed by atoms with Crippen LogP contribution in [-0.2, 0) is 0 Å². The Balaban J connectivity index is 2.72. The summed E-state index contributed by atoms with van der Waals surface area (Å²) in [6.45, 7) is 4.02. The first-order valence-corrected chi connectivity index (χ1v) is 4.88. The van der Waals surface area contributed by atoms with Crippen LogP contribution in [0.15, 0.2) is 23.6 Å². The molecule has 0 unspecified atom stereocenters. The molecule has 0 radical (unpaired) electrons. The molecule has 0 aliphatic heterocycles. The van der Waals surface area contributed by atoms with Crippen LogP contribution in [0.25, 0.3) is 0 Å². The van der Waals surface area contributed by atoms with Crippen LogP contribution >= 0.6 is 11.3 Å². The van der Waals surface area contributed by atoms with Gasteiger partial charge in [-0.3, -0.25) is 4.79 Å². The van der Waals surface area contributed by atoms with Gasteiger partial charge in [-0.25, -0.2) is 0 Å².